The number of aromatic hydroxyl groups is 1. The Morgan fingerprint density at radius 1 is 1.05 bits per heavy atom. The lowest BCUT2D eigenvalue weighted by Gasteiger charge is -2.03. The molecule has 2 N–H and O–H groups in total. The smallest absolute Gasteiger partial charge is 0.335 e. The van der Waals surface area contributed by atoms with Gasteiger partial charge in [-0.25, -0.2) is 19.7 Å². The topological polar surface area (TPSA) is 109 Å². The van der Waals surface area contributed by atoms with E-state index >= 15 is 0 Å². The molecule has 0 bridgehead atoms. The number of nitrogens with zero attached hydrogens (tertiary/aromatic N) is 4. The van der Waals surface area contributed by atoms with Crippen LogP contribution in [0, 0.1) is 0 Å². The number of hydrogen-bond acceptors (Lipinski definition) is 6. The van der Waals surface area contributed by atoms with E-state index in [1.807, 2.05) is 0 Å². The summed E-state index contributed by atoms with van der Waals surface area (Å²) < 4.78 is 0. The summed E-state index contributed by atoms with van der Waals surface area (Å²) in [5.74, 6) is -1.21. The van der Waals surface area contributed by atoms with Crippen molar-refractivity contribution in [2.75, 3.05) is 0 Å². The summed E-state index contributed by atoms with van der Waals surface area (Å²) in [5, 5.41) is 18.4. The van der Waals surface area contributed by atoms with Crippen molar-refractivity contribution in [2.45, 2.75) is 0 Å². The maximum absolute atomic E-state index is 10.8. The molecule has 0 atom stereocenters. The standard InChI is InChI=1S/C13H8N4O3/c18-12-10-11(15-6-16-12)17-9(5-14-10)7-1-3-8(4-2-7)13(19)20/h1-6H,(H,19,20)(H,15,16,17,18). The van der Waals surface area contributed by atoms with Crippen molar-refractivity contribution >= 4 is 17.1 Å². The monoisotopic (exact) mass is 268 g/mol. The summed E-state index contributed by atoms with van der Waals surface area (Å²) in [6.07, 6.45) is 2.67. The highest BCUT2D eigenvalue weighted by Gasteiger charge is 2.08. The van der Waals surface area contributed by atoms with Crippen LogP contribution < -0.4 is 0 Å². The molecule has 0 amide bonds. The average molecular weight is 268 g/mol. The number of benzene rings is 1. The number of hydrogen-bond donors (Lipinski definition) is 2. The molecule has 0 aliphatic heterocycles. The van der Waals surface area contributed by atoms with Crippen LogP contribution in [-0.2, 0) is 0 Å². The Kier molecular flexibility index (Phi) is 2.72. The first-order valence-electron chi connectivity index (χ1n) is 5.65. The van der Waals surface area contributed by atoms with Crippen LogP contribution in [0.3, 0.4) is 0 Å². The fraction of sp³-hybridized carbons (Fsp3) is 0. The summed E-state index contributed by atoms with van der Waals surface area (Å²) in [6.45, 7) is 0. The maximum Gasteiger partial charge on any atom is 0.335 e. The number of carbonyl (C=O) groups is 1. The largest absolute Gasteiger partial charge is 0.492 e. The third kappa shape index (κ3) is 2.01. The highest BCUT2D eigenvalue weighted by atomic mass is 16.4. The molecule has 0 saturated heterocycles. The Balaban J connectivity index is 2.08. The minimum absolute atomic E-state index is 0.197. The van der Waals surface area contributed by atoms with Gasteiger partial charge in [-0.2, -0.15) is 4.98 Å². The molecule has 0 spiro atoms. The zero-order valence-electron chi connectivity index (χ0n) is 10.1. The third-order valence-corrected chi connectivity index (χ3v) is 2.75. The van der Waals surface area contributed by atoms with E-state index < -0.39 is 5.97 Å². The molecule has 3 aromatic rings. The van der Waals surface area contributed by atoms with Crippen LogP contribution in [0.2, 0.25) is 0 Å². The van der Waals surface area contributed by atoms with Crippen molar-refractivity contribution in [3.63, 3.8) is 0 Å². The molecule has 7 nitrogen and oxygen atoms in total. The lowest BCUT2D eigenvalue weighted by atomic mass is 10.1. The lowest BCUT2D eigenvalue weighted by molar-refractivity contribution is 0.0697. The van der Waals surface area contributed by atoms with Gasteiger partial charge in [-0.15, -0.1) is 0 Å². The van der Waals surface area contributed by atoms with Gasteiger partial charge in [0.2, 0.25) is 5.88 Å². The SMILES string of the molecule is O=C(O)c1ccc(-c2cnc3c(O)ncnc3n2)cc1. The quantitative estimate of drug-likeness (QED) is 0.724. The first kappa shape index (κ1) is 12.0. The van der Waals surface area contributed by atoms with E-state index in [-0.39, 0.29) is 22.6 Å². The van der Waals surface area contributed by atoms with E-state index in [9.17, 15) is 9.90 Å². The first-order valence-corrected chi connectivity index (χ1v) is 5.65. The van der Waals surface area contributed by atoms with Crippen molar-refractivity contribution in [1.82, 2.24) is 19.9 Å². The molecular weight excluding hydrogens is 260 g/mol. The Labute approximate surface area is 112 Å². The molecular formula is C13H8N4O3. The van der Waals surface area contributed by atoms with Gasteiger partial charge >= 0.3 is 5.97 Å². The molecule has 2 heterocycles. The van der Waals surface area contributed by atoms with Gasteiger partial charge in [0.25, 0.3) is 0 Å². The van der Waals surface area contributed by atoms with E-state index in [4.69, 9.17) is 5.11 Å². The lowest BCUT2D eigenvalue weighted by Crippen LogP contribution is -1.96. The molecule has 1 aromatic carbocycles. The highest BCUT2D eigenvalue weighted by Crippen LogP contribution is 2.21. The molecule has 98 valence electrons. The molecule has 3 rings (SSSR count). The molecule has 0 aliphatic carbocycles. The number of carboxylic acid groups (broad SMARTS) is 1. The Morgan fingerprint density at radius 3 is 2.50 bits per heavy atom. The molecule has 7 heteroatoms. The van der Waals surface area contributed by atoms with Gasteiger partial charge in [-0.3, -0.25) is 0 Å². The van der Waals surface area contributed by atoms with Gasteiger partial charge in [-0.1, -0.05) is 12.1 Å². The van der Waals surface area contributed by atoms with Gasteiger partial charge < -0.3 is 10.2 Å². The second kappa shape index (κ2) is 4.54. The van der Waals surface area contributed by atoms with Gasteiger partial charge in [0.1, 0.15) is 6.33 Å². The van der Waals surface area contributed by atoms with Crippen molar-refractivity contribution in [1.29, 1.82) is 0 Å². The predicted octanol–water partition coefficient (Wildman–Crippen LogP) is 1.49. The second-order valence-corrected chi connectivity index (χ2v) is 4.01. The van der Waals surface area contributed by atoms with Crippen molar-refractivity contribution in [3.8, 4) is 17.1 Å². The first-order chi connectivity index (χ1) is 9.65. The second-order valence-electron chi connectivity index (χ2n) is 4.01. The Morgan fingerprint density at radius 2 is 1.80 bits per heavy atom. The molecule has 2 aromatic heterocycles. The highest BCUT2D eigenvalue weighted by molar-refractivity contribution is 5.88. The van der Waals surface area contributed by atoms with Crippen LogP contribution in [0.25, 0.3) is 22.4 Å². The molecule has 20 heavy (non-hydrogen) atoms. The molecule has 0 saturated carbocycles. The zero-order valence-corrected chi connectivity index (χ0v) is 10.1. The van der Waals surface area contributed by atoms with Crippen LogP contribution in [0.4, 0.5) is 0 Å². The van der Waals surface area contributed by atoms with Crippen molar-refractivity contribution < 1.29 is 15.0 Å². The predicted molar refractivity (Wildman–Crippen MR) is 69.2 cm³/mol. The van der Waals surface area contributed by atoms with Crippen LogP contribution in [-0.4, -0.2) is 36.1 Å². The van der Waals surface area contributed by atoms with Crippen LogP contribution in [0.15, 0.2) is 36.8 Å². The van der Waals surface area contributed by atoms with Gasteiger partial charge in [0.05, 0.1) is 17.5 Å². The van der Waals surface area contributed by atoms with Crippen molar-refractivity contribution in [2.24, 2.45) is 0 Å². The number of fused-ring (bicyclic) bond motifs is 1. The molecule has 0 radical (unpaired) electrons. The normalized spacial score (nSPS) is 10.6. The fourth-order valence-electron chi connectivity index (χ4n) is 1.75. The molecule has 0 fully saturated rings. The molecule has 0 unspecified atom stereocenters. The van der Waals surface area contributed by atoms with Gasteiger partial charge in [-0.05, 0) is 12.1 Å². The van der Waals surface area contributed by atoms with Crippen LogP contribution in [0.5, 0.6) is 5.88 Å². The summed E-state index contributed by atoms with van der Waals surface area (Å²) >= 11 is 0. The summed E-state index contributed by atoms with van der Waals surface area (Å²) in [7, 11) is 0. The summed E-state index contributed by atoms with van der Waals surface area (Å²) in [5.41, 5.74) is 1.94. The van der Waals surface area contributed by atoms with E-state index in [1.165, 1.54) is 24.7 Å². The van der Waals surface area contributed by atoms with E-state index in [2.05, 4.69) is 19.9 Å². The Hall–Kier alpha value is -3.09. The van der Waals surface area contributed by atoms with Crippen LogP contribution in [0.1, 0.15) is 10.4 Å². The van der Waals surface area contributed by atoms with E-state index in [0.29, 0.717) is 11.3 Å². The van der Waals surface area contributed by atoms with Crippen molar-refractivity contribution in [3.05, 3.63) is 42.4 Å². The third-order valence-electron chi connectivity index (χ3n) is 2.75. The minimum atomic E-state index is -0.987. The zero-order chi connectivity index (χ0) is 14.1. The number of aromatic carboxylic acids is 1. The number of rotatable bonds is 2. The summed E-state index contributed by atoms with van der Waals surface area (Å²) in [4.78, 5) is 26.7. The Bertz CT molecular complexity index is 802. The molecule has 0 aliphatic rings. The van der Waals surface area contributed by atoms with E-state index in [0.717, 1.165) is 0 Å². The summed E-state index contributed by atoms with van der Waals surface area (Å²) in [6, 6.07) is 6.25. The average Bonchev–Trinajstić information content (AvgIpc) is 2.47. The van der Waals surface area contributed by atoms with Crippen LogP contribution >= 0.6 is 0 Å². The maximum atomic E-state index is 10.8. The minimum Gasteiger partial charge on any atom is -0.492 e. The van der Waals surface area contributed by atoms with Gasteiger partial charge in [0, 0.05) is 5.56 Å². The number of carboxylic acids is 1. The van der Waals surface area contributed by atoms with E-state index in [1.54, 1.807) is 12.1 Å². The fourth-order valence-corrected chi connectivity index (χ4v) is 1.75. The number of aromatic nitrogens is 4. The van der Waals surface area contributed by atoms with Gasteiger partial charge in [0.15, 0.2) is 11.2 Å².